The first-order chi connectivity index (χ1) is 10.5. The molecule has 1 aromatic carbocycles. The minimum absolute atomic E-state index is 0.655. The van der Waals surface area contributed by atoms with Crippen molar-refractivity contribution < 1.29 is 0 Å². The van der Waals surface area contributed by atoms with Gasteiger partial charge < -0.3 is 9.88 Å². The van der Waals surface area contributed by atoms with Crippen LogP contribution in [0.5, 0.6) is 0 Å². The summed E-state index contributed by atoms with van der Waals surface area (Å²) in [6.45, 7) is 1.86. The lowest BCUT2D eigenvalue weighted by molar-refractivity contribution is 0.643. The van der Waals surface area contributed by atoms with E-state index in [0.29, 0.717) is 16.7 Å². The molecule has 2 aromatic heterocycles. The number of nitrogens with zero attached hydrogens (tertiary/aromatic N) is 4. The molecule has 3 rings (SSSR count). The highest BCUT2D eigenvalue weighted by molar-refractivity contribution is 6.30. The number of halogens is 1. The number of nitrogens with one attached hydrogen (secondary N) is 1. The minimum Gasteiger partial charge on any atom is -0.369 e. The van der Waals surface area contributed by atoms with Crippen molar-refractivity contribution in [2.45, 2.75) is 6.92 Å². The summed E-state index contributed by atoms with van der Waals surface area (Å²) in [5.74, 6) is 1.34. The summed E-state index contributed by atoms with van der Waals surface area (Å²) in [7, 11) is 3.85. The summed E-state index contributed by atoms with van der Waals surface area (Å²) in [5, 5.41) is 1.62. The highest BCUT2D eigenvalue weighted by atomic mass is 35.5. The van der Waals surface area contributed by atoms with Gasteiger partial charge in [-0.2, -0.15) is 0 Å². The molecule has 0 saturated carbocycles. The number of aromatic nitrogens is 3. The summed E-state index contributed by atoms with van der Waals surface area (Å²) in [6.07, 6.45) is 3.66. The van der Waals surface area contributed by atoms with Gasteiger partial charge in [0.1, 0.15) is 11.5 Å². The Hall–Kier alpha value is -2.40. The molecule has 0 spiro atoms. The Bertz CT molecular complexity index is 834. The second kappa shape index (κ2) is 5.77. The fraction of sp³-hybridized carbons (Fsp3) is 0.188. The Morgan fingerprint density at radius 2 is 1.91 bits per heavy atom. The van der Waals surface area contributed by atoms with Crippen molar-refractivity contribution in [1.29, 1.82) is 0 Å². The molecule has 5 nitrogen and oxygen atoms in total. The maximum Gasteiger partial charge on any atom is 0.167 e. The Morgan fingerprint density at radius 1 is 1.18 bits per heavy atom. The van der Waals surface area contributed by atoms with Crippen LogP contribution in [0.4, 0.5) is 5.82 Å². The average molecular weight is 314 g/mol. The van der Waals surface area contributed by atoms with E-state index in [0.717, 1.165) is 22.2 Å². The molecule has 0 saturated heterocycles. The molecule has 6 heteroatoms. The molecular formula is C16H16ClN5. The number of aromatic amines is 1. The van der Waals surface area contributed by atoms with Gasteiger partial charge in [0.05, 0.1) is 11.7 Å². The van der Waals surface area contributed by atoms with Crippen molar-refractivity contribution in [2.75, 3.05) is 14.1 Å². The van der Waals surface area contributed by atoms with E-state index in [1.807, 2.05) is 56.4 Å². The van der Waals surface area contributed by atoms with E-state index in [4.69, 9.17) is 11.6 Å². The van der Waals surface area contributed by atoms with Gasteiger partial charge in [-0.1, -0.05) is 23.7 Å². The van der Waals surface area contributed by atoms with Gasteiger partial charge in [0, 0.05) is 30.9 Å². The van der Waals surface area contributed by atoms with Crippen molar-refractivity contribution in [3.63, 3.8) is 0 Å². The molecule has 0 aliphatic carbocycles. The number of hydrogen-bond acceptors (Lipinski definition) is 3. The molecule has 0 amide bonds. The summed E-state index contributed by atoms with van der Waals surface area (Å²) in [5.41, 5.74) is 2.84. The second-order valence-electron chi connectivity index (χ2n) is 5.24. The third-order valence-corrected chi connectivity index (χ3v) is 3.44. The van der Waals surface area contributed by atoms with Gasteiger partial charge in [-0.3, -0.25) is 0 Å². The highest BCUT2D eigenvalue weighted by Gasteiger charge is 2.13. The Labute approximate surface area is 133 Å². The second-order valence-corrected chi connectivity index (χ2v) is 5.67. The topological polar surface area (TPSA) is 57.2 Å². The number of hydrogen-bond donors (Lipinski definition) is 1. The van der Waals surface area contributed by atoms with Gasteiger partial charge in [0.25, 0.3) is 0 Å². The Morgan fingerprint density at radius 3 is 2.59 bits per heavy atom. The fourth-order valence-electron chi connectivity index (χ4n) is 2.24. The number of aliphatic imine (C=N–C) groups is 1. The molecule has 1 N–H and O–H groups in total. The predicted molar refractivity (Wildman–Crippen MR) is 90.9 cm³/mol. The van der Waals surface area contributed by atoms with Crippen LogP contribution in [-0.4, -0.2) is 40.3 Å². The summed E-state index contributed by atoms with van der Waals surface area (Å²) < 4.78 is 0. The zero-order valence-corrected chi connectivity index (χ0v) is 13.4. The first-order valence-corrected chi connectivity index (χ1v) is 7.24. The fourth-order valence-corrected chi connectivity index (χ4v) is 2.37. The van der Waals surface area contributed by atoms with Crippen LogP contribution in [0.15, 0.2) is 35.5 Å². The smallest absolute Gasteiger partial charge is 0.167 e. The predicted octanol–water partition coefficient (Wildman–Crippen LogP) is 3.81. The number of H-pyrrole nitrogens is 1. The first kappa shape index (κ1) is 14.5. The third-order valence-electron chi connectivity index (χ3n) is 3.19. The van der Waals surface area contributed by atoms with E-state index >= 15 is 0 Å². The van der Waals surface area contributed by atoms with E-state index in [1.165, 1.54) is 0 Å². The molecule has 2 heterocycles. The standard InChI is InChI=1S/C16H16ClN5/c1-10-20-15-14(16(21-10)19-9-22(2)3)13(8-18-15)11-4-6-12(17)7-5-11/h4-9H,1-3H3,(H,18,20,21)/b19-9+. The largest absolute Gasteiger partial charge is 0.369 e. The molecule has 0 radical (unpaired) electrons. The lowest BCUT2D eigenvalue weighted by Gasteiger charge is -2.05. The Balaban J connectivity index is 2.22. The molecule has 112 valence electrons. The lowest BCUT2D eigenvalue weighted by Crippen LogP contribution is -2.07. The average Bonchev–Trinajstić information content (AvgIpc) is 2.89. The van der Waals surface area contributed by atoms with Crippen LogP contribution >= 0.6 is 11.6 Å². The Kier molecular flexibility index (Phi) is 3.81. The van der Waals surface area contributed by atoms with Crippen molar-refractivity contribution in [3.8, 4) is 11.1 Å². The maximum absolute atomic E-state index is 5.97. The van der Waals surface area contributed by atoms with Crippen LogP contribution in [0, 0.1) is 6.92 Å². The molecule has 0 atom stereocenters. The van der Waals surface area contributed by atoms with Gasteiger partial charge >= 0.3 is 0 Å². The molecule has 0 aliphatic rings. The monoisotopic (exact) mass is 313 g/mol. The van der Waals surface area contributed by atoms with Gasteiger partial charge in [-0.05, 0) is 24.6 Å². The van der Waals surface area contributed by atoms with E-state index in [1.54, 1.807) is 6.34 Å². The first-order valence-electron chi connectivity index (χ1n) is 6.87. The van der Waals surface area contributed by atoms with Crippen molar-refractivity contribution in [1.82, 2.24) is 19.9 Å². The van der Waals surface area contributed by atoms with E-state index in [2.05, 4.69) is 19.9 Å². The highest BCUT2D eigenvalue weighted by Crippen LogP contribution is 2.34. The zero-order chi connectivity index (χ0) is 15.7. The minimum atomic E-state index is 0.655. The molecule has 0 unspecified atom stereocenters. The van der Waals surface area contributed by atoms with Crippen LogP contribution in [0.3, 0.4) is 0 Å². The van der Waals surface area contributed by atoms with Crippen molar-refractivity contribution >= 4 is 34.8 Å². The SMILES string of the molecule is Cc1nc(/N=C/N(C)C)c2c(-c3ccc(Cl)cc3)c[nH]c2n1. The summed E-state index contributed by atoms with van der Waals surface area (Å²) in [4.78, 5) is 18.5. The molecule has 0 bridgehead atoms. The van der Waals surface area contributed by atoms with Gasteiger partial charge in [0.2, 0.25) is 0 Å². The summed E-state index contributed by atoms with van der Waals surface area (Å²) in [6, 6.07) is 7.69. The van der Waals surface area contributed by atoms with Gasteiger partial charge in [-0.25, -0.2) is 15.0 Å². The van der Waals surface area contributed by atoms with Gasteiger partial charge in [0.15, 0.2) is 5.82 Å². The number of aryl methyl sites for hydroxylation is 1. The van der Waals surface area contributed by atoms with Crippen molar-refractivity contribution in [3.05, 3.63) is 41.3 Å². The molecule has 0 fully saturated rings. The van der Waals surface area contributed by atoms with E-state index < -0.39 is 0 Å². The number of rotatable bonds is 3. The molecule has 22 heavy (non-hydrogen) atoms. The number of fused-ring (bicyclic) bond motifs is 1. The van der Waals surface area contributed by atoms with E-state index in [-0.39, 0.29) is 0 Å². The van der Waals surface area contributed by atoms with Crippen LogP contribution in [0.25, 0.3) is 22.2 Å². The summed E-state index contributed by atoms with van der Waals surface area (Å²) >= 11 is 5.97. The van der Waals surface area contributed by atoms with Crippen LogP contribution in [0.2, 0.25) is 5.02 Å². The van der Waals surface area contributed by atoms with Crippen LogP contribution in [-0.2, 0) is 0 Å². The van der Waals surface area contributed by atoms with Crippen LogP contribution < -0.4 is 0 Å². The molecular weight excluding hydrogens is 298 g/mol. The maximum atomic E-state index is 5.97. The van der Waals surface area contributed by atoms with E-state index in [9.17, 15) is 0 Å². The normalized spacial score (nSPS) is 11.5. The lowest BCUT2D eigenvalue weighted by atomic mass is 10.1. The van der Waals surface area contributed by atoms with Gasteiger partial charge in [-0.15, -0.1) is 0 Å². The quantitative estimate of drug-likeness (QED) is 0.591. The number of benzene rings is 1. The zero-order valence-electron chi connectivity index (χ0n) is 12.6. The van der Waals surface area contributed by atoms with Crippen molar-refractivity contribution in [2.24, 2.45) is 4.99 Å². The molecule has 3 aromatic rings. The third kappa shape index (κ3) is 2.80. The molecule has 0 aliphatic heterocycles. The van der Waals surface area contributed by atoms with Crippen LogP contribution in [0.1, 0.15) is 5.82 Å².